The lowest BCUT2D eigenvalue weighted by atomic mass is 9.90. The summed E-state index contributed by atoms with van der Waals surface area (Å²) in [6, 6.07) is 15.7. The molecule has 2 aromatic carbocycles. The molecular weight excluding hydrogens is 328 g/mol. The molecule has 1 heterocycles. The molecule has 1 aliphatic heterocycles. The van der Waals surface area contributed by atoms with Gasteiger partial charge < -0.3 is 19.7 Å². The number of carbonyl (C=O) groups excluding carboxylic acids is 1. The number of amides is 2. The molecule has 2 amide bonds. The van der Waals surface area contributed by atoms with Gasteiger partial charge in [-0.2, -0.15) is 0 Å². The van der Waals surface area contributed by atoms with Gasteiger partial charge in [0.1, 0.15) is 11.5 Å². The highest BCUT2D eigenvalue weighted by Gasteiger charge is 2.23. The summed E-state index contributed by atoms with van der Waals surface area (Å²) in [5.74, 6) is 2.17. The second-order valence-corrected chi connectivity index (χ2v) is 6.61. The van der Waals surface area contributed by atoms with E-state index in [4.69, 9.17) is 9.47 Å². The van der Waals surface area contributed by atoms with Gasteiger partial charge in [0.15, 0.2) is 0 Å². The van der Waals surface area contributed by atoms with E-state index in [1.807, 2.05) is 41.3 Å². The van der Waals surface area contributed by atoms with Crippen LogP contribution in [0.3, 0.4) is 0 Å². The fraction of sp³-hybridized carbons (Fsp3) is 0.381. The standard InChI is InChI=1S/C21H26N2O3/c1-25-18-9-7-16(8-10-18)15-17-11-13-23(14-12-17)21(24)22-19-5-3-4-6-20(19)26-2/h3-10,17H,11-15H2,1-2H3,(H,22,24). The van der Waals surface area contributed by atoms with Gasteiger partial charge in [0.2, 0.25) is 0 Å². The van der Waals surface area contributed by atoms with E-state index in [0.717, 1.165) is 38.1 Å². The van der Waals surface area contributed by atoms with Gasteiger partial charge in [-0.05, 0) is 55.0 Å². The van der Waals surface area contributed by atoms with E-state index >= 15 is 0 Å². The number of nitrogens with one attached hydrogen (secondary N) is 1. The van der Waals surface area contributed by atoms with E-state index in [0.29, 0.717) is 17.4 Å². The number of benzene rings is 2. The van der Waals surface area contributed by atoms with Crippen LogP contribution in [0.2, 0.25) is 0 Å². The summed E-state index contributed by atoms with van der Waals surface area (Å²) in [6.45, 7) is 1.56. The summed E-state index contributed by atoms with van der Waals surface area (Å²) < 4.78 is 10.5. The summed E-state index contributed by atoms with van der Waals surface area (Å²) in [5, 5.41) is 2.96. The molecule has 0 unspecified atom stereocenters. The second kappa shape index (κ2) is 8.61. The zero-order valence-corrected chi connectivity index (χ0v) is 15.4. The maximum absolute atomic E-state index is 12.5. The first-order valence-corrected chi connectivity index (χ1v) is 9.01. The first-order valence-electron chi connectivity index (χ1n) is 9.01. The van der Waals surface area contributed by atoms with Crippen LogP contribution in [0.15, 0.2) is 48.5 Å². The average molecular weight is 354 g/mol. The summed E-state index contributed by atoms with van der Waals surface area (Å²) in [7, 11) is 3.29. The molecule has 1 fully saturated rings. The van der Waals surface area contributed by atoms with Crippen molar-refractivity contribution >= 4 is 11.7 Å². The van der Waals surface area contributed by atoms with E-state index < -0.39 is 0 Å². The Bertz CT molecular complexity index is 722. The minimum absolute atomic E-state index is 0.0580. The van der Waals surface area contributed by atoms with Crippen molar-refractivity contribution in [2.24, 2.45) is 5.92 Å². The molecule has 0 radical (unpaired) electrons. The third-order valence-electron chi connectivity index (χ3n) is 4.93. The van der Waals surface area contributed by atoms with E-state index in [1.54, 1.807) is 14.2 Å². The Morgan fingerprint density at radius 1 is 1.04 bits per heavy atom. The second-order valence-electron chi connectivity index (χ2n) is 6.61. The number of urea groups is 1. The summed E-state index contributed by atoms with van der Waals surface area (Å²) in [6.07, 6.45) is 3.09. The molecule has 0 aromatic heterocycles. The Morgan fingerprint density at radius 2 is 1.73 bits per heavy atom. The largest absolute Gasteiger partial charge is 0.497 e. The van der Waals surface area contributed by atoms with Crippen molar-refractivity contribution in [2.45, 2.75) is 19.3 Å². The van der Waals surface area contributed by atoms with E-state index in [2.05, 4.69) is 17.4 Å². The number of methoxy groups -OCH3 is 2. The van der Waals surface area contributed by atoms with Gasteiger partial charge in [0.25, 0.3) is 0 Å². The molecule has 5 nitrogen and oxygen atoms in total. The molecule has 0 aliphatic carbocycles. The number of hydrogen-bond donors (Lipinski definition) is 1. The van der Waals surface area contributed by atoms with Crippen molar-refractivity contribution in [3.05, 3.63) is 54.1 Å². The maximum Gasteiger partial charge on any atom is 0.321 e. The van der Waals surface area contributed by atoms with Gasteiger partial charge in [-0.1, -0.05) is 24.3 Å². The minimum Gasteiger partial charge on any atom is -0.497 e. The number of piperidine rings is 1. The van der Waals surface area contributed by atoms with Gasteiger partial charge in [-0.3, -0.25) is 0 Å². The molecule has 0 spiro atoms. The number of nitrogens with zero attached hydrogens (tertiary/aromatic N) is 1. The lowest BCUT2D eigenvalue weighted by Crippen LogP contribution is -2.41. The molecule has 0 saturated carbocycles. The molecule has 1 aliphatic rings. The number of ether oxygens (including phenoxy) is 2. The van der Waals surface area contributed by atoms with Crippen LogP contribution in [0.1, 0.15) is 18.4 Å². The Morgan fingerprint density at radius 3 is 2.38 bits per heavy atom. The van der Waals surface area contributed by atoms with Gasteiger partial charge in [0.05, 0.1) is 19.9 Å². The first-order chi connectivity index (χ1) is 12.7. The number of rotatable bonds is 5. The Hall–Kier alpha value is -2.69. The Labute approximate surface area is 154 Å². The maximum atomic E-state index is 12.5. The summed E-state index contributed by atoms with van der Waals surface area (Å²) in [5.41, 5.74) is 2.03. The lowest BCUT2D eigenvalue weighted by molar-refractivity contribution is 0.182. The van der Waals surface area contributed by atoms with Crippen molar-refractivity contribution in [3.8, 4) is 11.5 Å². The molecule has 5 heteroatoms. The highest BCUT2D eigenvalue weighted by atomic mass is 16.5. The average Bonchev–Trinajstić information content (AvgIpc) is 2.69. The zero-order valence-electron chi connectivity index (χ0n) is 15.4. The number of anilines is 1. The Kier molecular flexibility index (Phi) is 6.00. The van der Waals surface area contributed by atoms with Gasteiger partial charge in [0, 0.05) is 13.1 Å². The molecule has 0 atom stereocenters. The minimum atomic E-state index is -0.0580. The van der Waals surface area contributed by atoms with Crippen LogP contribution in [0, 0.1) is 5.92 Å². The number of para-hydroxylation sites is 2. The van der Waals surface area contributed by atoms with E-state index in [9.17, 15) is 4.79 Å². The number of hydrogen-bond acceptors (Lipinski definition) is 3. The molecule has 3 rings (SSSR count). The normalized spacial score (nSPS) is 14.8. The van der Waals surface area contributed by atoms with Crippen molar-refractivity contribution < 1.29 is 14.3 Å². The molecule has 26 heavy (non-hydrogen) atoms. The van der Waals surface area contributed by atoms with Gasteiger partial charge in [-0.15, -0.1) is 0 Å². The first kappa shape index (κ1) is 18.1. The Balaban J connectivity index is 1.50. The van der Waals surface area contributed by atoms with E-state index in [1.165, 1.54) is 5.56 Å². The predicted octanol–water partition coefficient (Wildman–Crippen LogP) is 4.19. The number of likely N-dealkylation sites (tertiary alicyclic amines) is 1. The third-order valence-corrected chi connectivity index (χ3v) is 4.93. The highest BCUT2D eigenvalue weighted by Crippen LogP contribution is 2.26. The van der Waals surface area contributed by atoms with E-state index in [-0.39, 0.29) is 6.03 Å². The van der Waals surface area contributed by atoms with Gasteiger partial charge in [-0.25, -0.2) is 4.79 Å². The summed E-state index contributed by atoms with van der Waals surface area (Å²) in [4.78, 5) is 14.4. The van der Waals surface area contributed by atoms with Crippen LogP contribution >= 0.6 is 0 Å². The smallest absolute Gasteiger partial charge is 0.321 e. The van der Waals surface area contributed by atoms with Crippen molar-refractivity contribution in [2.75, 3.05) is 32.6 Å². The molecule has 138 valence electrons. The van der Waals surface area contributed by atoms with Crippen molar-refractivity contribution in [1.29, 1.82) is 0 Å². The van der Waals surface area contributed by atoms with Crippen LogP contribution in [-0.2, 0) is 6.42 Å². The summed E-state index contributed by atoms with van der Waals surface area (Å²) >= 11 is 0. The quantitative estimate of drug-likeness (QED) is 0.876. The zero-order chi connectivity index (χ0) is 18.4. The monoisotopic (exact) mass is 354 g/mol. The van der Waals surface area contributed by atoms with Gasteiger partial charge >= 0.3 is 6.03 Å². The fourth-order valence-corrected chi connectivity index (χ4v) is 3.38. The topological polar surface area (TPSA) is 50.8 Å². The van der Waals surface area contributed by atoms with Crippen LogP contribution < -0.4 is 14.8 Å². The third kappa shape index (κ3) is 4.48. The fourth-order valence-electron chi connectivity index (χ4n) is 3.38. The van der Waals surface area contributed by atoms with Crippen LogP contribution in [-0.4, -0.2) is 38.2 Å². The van der Waals surface area contributed by atoms with Crippen molar-refractivity contribution in [1.82, 2.24) is 4.90 Å². The molecule has 0 bridgehead atoms. The molecular formula is C21H26N2O3. The van der Waals surface area contributed by atoms with Crippen molar-refractivity contribution in [3.63, 3.8) is 0 Å². The lowest BCUT2D eigenvalue weighted by Gasteiger charge is -2.32. The number of carbonyl (C=O) groups is 1. The molecule has 1 saturated heterocycles. The van der Waals surface area contributed by atoms with Crippen LogP contribution in [0.5, 0.6) is 11.5 Å². The molecule has 2 aromatic rings. The predicted molar refractivity (Wildman–Crippen MR) is 103 cm³/mol. The SMILES string of the molecule is COc1ccc(CC2CCN(C(=O)Nc3ccccc3OC)CC2)cc1. The highest BCUT2D eigenvalue weighted by molar-refractivity contribution is 5.91. The van der Waals surface area contributed by atoms with Crippen LogP contribution in [0.25, 0.3) is 0 Å². The molecule has 1 N–H and O–H groups in total. The van der Waals surface area contributed by atoms with Crippen LogP contribution in [0.4, 0.5) is 10.5 Å².